The fourth-order valence-electron chi connectivity index (χ4n) is 3.64. The molecule has 1 saturated heterocycles. The first kappa shape index (κ1) is 21.9. The number of nitrogens with two attached hydrogens (primary N) is 1. The Morgan fingerprint density at radius 2 is 1.96 bits per heavy atom. The Bertz CT molecular complexity index is 849. The summed E-state index contributed by atoms with van der Waals surface area (Å²) in [5.41, 5.74) is -0.364. The summed E-state index contributed by atoms with van der Waals surface area (Å²) in [4.78, 5) is 10.8. The van der Waals surface area contributed by atoms with Crippen molar-refractivity contribution in [1.29, 1.82) is 0 Å². The van der Waals surface area contributed by atoms with Gasteiger partial charge in [0.2, 0.25) is 10.0 Å². The fourth-order valence-corrected chi connectivity index (χ4v) is 6.35. The molecule has 28 heavy (non-hydrogen) atoms. The van der Waals surface area contributed by atoms with E-state index in [9.17, 15) is 23.6 Å². The topological polar surface area (TPSA) is 142 Å². The lowest BCUT2D eigenvalue weighted by molar-refractivity contribution is -0.388. The van der Waals surface area contributed by atoms with Crippen LogP contribution >= 0.6 is 27.7 Å². The van der Waals surface area contributed by atoms with Crippen molar-refractivity contribution in [3.8, 4) is 0 Å². The number of thioether (sulfide) groups is 1. The van der Waals surface area contributed by atoms with Crippen LogP contribution in [0.1, 0.15) is 25.7 Å². The number of sulfonamides is 1. The monoisotopic (exact) mass is 496 g/mol. The molecule has 1 aromatic rings. The Hall–Kier alpha value is -0.760. The van der Waals surface area contributed by atoms with Gasteiger partial charge in [0, 0.05) is 28.6 Å². The van der Waals surface area contributed by atoms with E-state index < -0.39 is 20.7 Å². The Balaban J connectivity index is 1.82. The maximum absolute atomic E-state index is 11.6. The van der Waals surface area contributed by atoms with E-state index >= 15 is 0 Å². The van der Waals surface area contributed by atoms with Gasteiger partial charge in [-0.2, -0.15) is 0 Å². The molecule has 12 heteroatoms. The van der Waals surface area contributed by atoms with Crippen LogP contribution in [-0.2, 0) is 19.5 Å². The van der Waals surface area contributed by atoms with E-state index in [0.717, 1.165) is 18.9 Å². The van der Waals surface area contributed by atoms with E-state index in [1.165, 1.54) is 17.8 Å². The highest BCUT2D eigenvalue weighted by molar-refractivity contribution is 9.10. The molecule has 3 rings (SSSR count). The molecule has 1 aliphatic carbocycles. The van der Waals surface area contributed by atoms with Gasteiger partial charge in [-0.3, -0.25) is 10.1 Å². The van der Waals surface area contributed by atoms with Crippen molar-refractivity contribution in [2.24, 2.45) is 11.1 Å². The zero-order valence-electron chi connectivity index (χ0n) is 14.9. The van der Waals surface area contributed by atoms with Gasteiger partial charge in [0.25, 0.3) is 5.69 Å². The Kier molecular flexibility index (Phi) is 6.69. The van der Waals surface area contributed by atoms with E-state index in [0.29, 0.717) is 26.1 Å². The van der Waals surface area contributed by atoms with Crippen LogP contribution < -0.4 is 5.14 Å². The van der Waals surface area contributed by atoms with Gasteiger partial charge < -0.3 is 14.6 Å². The van der Waals surface area contributed by atoms with Gasteiger partial charge in [-0.15, -0.1) is 11.8 Å². The van der Waals surface area contributed by atoms with Crippen LogP contribution in [0.4, 0.5) is 5.69 Å². The fraction of sp³-hybridized carbons (Fsp3) is 0.625. The van der Waals surface area contributed by atoms with E-state index in [2.05, 4.69) is 15.9 Å². The molecule has 0 radical (unpaired) electrons. The van der Waals surface area contributed by atoms with E-state index in [1.807, 2.05) is 0 Å². The van der Waals surface area contributed by atoms with Crippen LogP contribution in [0.5, 0.6) is 0 Å². The molecule has 0 amide bonds. The average Bonchev–Trinajstić information content (AvgIpc) is 3.08. The first-order chi connectivity index (χ1) is 13.1. The predicted octanol–water partition coefficient (Wildman–Crippen LogP) is 2.39. The lowest BCUT2D eigenvalue weighted by atomic mass is 9.83. The summed E-state index contributed by atoms with van der Waals surface area (Å²) < 4.78 is 34.9. The number of nitrogens with zero attached hydrogens (tertiary/aromatic N) is 1. The molecule has 0 aromatic heterocycles. The minimum atomic E-state index is -4.09. The molecule has 1 atom stereocenters. The van der Waals surface area contributed by atoms with Gasteiger partial charge >= 0.3 is 0 Å². The summed E-state index contributed by atoms with van der Waals surface area (Å²) in [6, 6.07) is 2.20. The van der Waals surface area contributed by atoms with E-state index in [4.69, 9.17) is 14.6 Å². The molecular formula is C16H21BrN2O7S2. The number of nitro benzene ring substituents is 1. The third kappa shape index (κ3) is 4.69. The Labute approximate surface area is 175 Å². The largest absolute Gasteiger partial charge is 0.395 e. The Morgan fingerprint density at radius 3 is 2.46 bits per heavy atom. The highest BCUT2D eigenvalue weighted by Gasteiger charge is 2.42. The van der Waals surface area contributed by atoms with Crippen molar-refractivity contribution in [2.75, 3.05) is 19.8 Å². The quantitative estimate of drug-likeness (QED) is 0.347. The van der Waals surface area contributed by atoms with Crippen molar-refractivity contribution < 1.29 is 27.9 Å². The number of nitro groups is 1. The maximum atomic E-state index is 11.6. The number of hydrogen-bond acceptors (Lipinski definition) is 8. The molecule has 1 spiro atoms. The highest BCUT2D eigenvalue weighted by atomic mass is 79.9. The van der Waals surface area contributed by atoms with Gasteiger partial charge in [-0.25, -0.2) is 13.6 Å². The number of primary sulfonamides is 1. The molecule has 156 valence electrons. The number of benzene rings is 1. The number of rotatable bonds is 6. The standard InChI is InChI=1S/C16H21BrN2O7S2/c17-12-7-11(28(18,23)24)8-13(19(21)22)15(12)27-14(9-20)10-1-3-16(4-2-10)25-5-6-26-16/h7-8,10,14,20H,1-6,9H2,(H2,18,23,24). The van der Waals surface area contributed by atoms with Gasteiger partial charge in [0.15, 0.2) is 5.79 Å². The lowest BCUT2D eigenvalue weighted by Crippen LogP contribution is -2.38. The third-order valence-electron chi connectivity index (χ3n) is 5.10. The third-order valence-corrected chi connectivity index (χ3v) is 8.39. The molecule has 9 nitrogen and oxygen atoms in total. The van der Waals surface area contributed by atoms with Crippen LogP contribution in [0.15, 0.2) is 26.4 Å². The van der Waals surface area contributed by atoms with Crippen molar-refractivity contribution >= 4 is 43.4 Å². The summed E-state index contributed by atoms with van der Waals surface area (Å²) in [5, 5.41) is 26.2. The van der Waals surface area contributed by atoms with Crippen molar-refractivity contribution in [2.45, 2.75) is 46.5 Å². The second-order valence-corrected chi connectivity index (χ2v) is 10.5. The molecule has 2 aliphatic rings. The van der Waals surface area contributed by atoms with Gasteiger partial charge in [0.05, 0.1) is 34.5 Å². The first-order valence-corrected chi connectivity index (χ1v) is 11.9. The average molecular weight is 497 g/mol. The Morgan fingerprint density at radius 1 is 1.36 bits per heavy atom. The molecule has 3 N–H and O–H groups in total. The molecule has 1 saturated carbocycles. The number of halogens is 1. The summed E-state index contributed by atoms with van der Waals surface area (Å²) >= 11 is 4.39. The molecule has 1 aromatic carbocycles. The number of ether oxygens (including phenoxy) is 2. The maximum Gasteiger partial charge on any atom is 0.285 e. The minimum absolute atomic E-state index is 0.123. The normalized spacial score (nSPS) is 21.1. The highest BCUT2D eigenvalue weighted by Crippen LogP contribution is 2.46. The summed E-state index contributed by atoms with van der Waals surface area (Å²) in [6.07, 6.45) is 2.95. The second kappa shape index (κ2) is 8.54. The molecule has 1 aliphatic heterocycles. The number of hydrogen-bond donors (Lipinski definition) is 2. The summed E-state index contributed by atoms with van der Waals surface area (Å²) in [7, 11) is -4.09. The molecule has 2 fully saturated rings. The van der Waals surface area contributed by atoms with Crippen molar-refractivity contribution in [1.82, 2.24) is 0 Å². The lowest BCUT2D eigenvalue weighted by Gasteiger charge is -2.37. The van der Waals surface area contributed by atoms with Crippen molar-refractivity contribution in [3.05, 3.63) is 26.7 Å². The van der Waals surface area contributed by atoms with Crippen molar-refractivity contribution in [3.63, 3.8) is 0 Å². The molecule has 1 unspecified atom stereocenters. The predicted molar refractivity (Wildman–Crippen MR) is 105 cm³/mol. The zero-order valence-corrected chi connectivity index (χ0v) is 18.1. The van der Waals surface area contributed by atoms with Gasteiger partial charge in [-0.05, 0) is 40.8 Å². The van der Waals surface area contributed by atoms with Gasteiger partial charge in [0.1, 0.15) is 0 Å². The second-order valence-electron chi connectivity index (χ2n) is 6.84. The van der Waals surface area contributed by atoms with Crippen LogP contribution in [0.2, 0.25) is 0 Å². The first-order valence-electron chi connectivity index (χ1n) is 8.71. The van der Waals surface area contributed by atoms with E-state index in [1.54, 1.807) is 0 Å². The number of aliphatic hydroxyl groups excluding tert-OH is 1. The van der Waals surface area contributed by atoms with E-state index in [-0.39, 0.29) is 37.7 Å². The van der Waals surface area contributed by atoms with Crippen LogP contribution in [0, 0.1) is 16.0 Å². The zero-order chi connectivity index (χ0) is 20.5. The molecule has 0 bridgehead atoms. The van der Waals surface area contributed by atoms with Crippen LogP contribution in [-0.4, -0.2) is 49.3 Å². The van der Waals surface area contributed by atoms with Gasteiger partial charge in [-0.1, -0.05) is 0 Å². The molecule has 1 heterocycles. The minimum Gasteiger partial charge on any atom is -0.395 e. The SMILES string of the molecule is NS(=O)(=O)c1cc(Br)c(SC(CO)C2CCC3(CC2)OCCO3)c([N+](=O)[O-])c1. The summed E-state index contributed by atoms with van der Waals surface area (Å²) in [6.45, 7) is 1.00. The van der Waals surface area contributed by atoms with Crippen LogP contribution in [0.3, 0.4) is 0 Å². The van der Waals surface area contributed by atoms with Crippen LogP contribution in [0.25, 0.3) is 0 Å². The number of aliphatic hydroxyl groups is 1. The smallest absolute Gasteiger partial charge is 0.285 e. The molecular weight excluding hydrogens is 476 g/mol. The summed E-state index contributed by atoms with van der Waals surface area (Å²) in [5.74, 6) is -0.400.